The maximum absolute atomic E-state index is 12.0. The van der Waals surface area contributed by atoms with Crippen LogP contribution in [0.1, 0.15) is 28.2 Å². The van der Waals surface area contributed by atoms with Gasteiger partial charge in [-0.2, -0.15) is 0 Å². The second kappa shape index (κ2) is 9.62. The zero-order valence-corrected chi connectivity index (χ0v) is 17.9. The molecule has 1 aromatic carbocycles. The van der Waals surface area contributed by atoms with Crippen molar-refractivity contribution in [3.05, 3.63) is 77.9 Å². The minimum atomic E-state index is -0.999. The summed E-state index contributed by atoms with van der Waals surface area (Å²) >= 11 is 0. The van der Waals surface area contributed by atoms with Gasteiger partial charge in [0.2, 0.25) is 0 Å². The number of carbonyl (C=O) groups is 1. The summed E-state index contributed by atoms with van der Waals surface area (Å²) in [5.74, 6) is -0.251. The lowest BCUT2D eigenvalue weighted by Crippen LogP contribution is -2.13. The molecule has 164 valence electrons. The Bertz CT molecular complexity index is 1230. The zero-order chi connectivity index (χ0) is 22.5. The minimum Gasteiger partial charge on any atom is -0.492 e. The molecule has 0 spiro atoms. The van der Waals surface area contributed by atoms with Crippen LogP contribution in [0, 0.1) is 6.92 Å². The highest BCUT2D eigenvalue weighted by molar-refractivity contribution is 6.00. The second-order valence-electron chi connectivity index (χ2n) is 7.60. The van der Waals surface area contributed by atoms with Gasteiger partial charge in [0.15, 0.2) is 0 Å². The number of nitrogens with zero attached hydrogens (tertiary/aromatic N) is 3. The molecule has 4 aromatic rings. The molecule has 0 fully saturated rings. The maximum atomic E-state index is 12.0. The molecule has 7 nitrogen and oxygen atoms in total. The molecule has 3 heterocycles. The third-order valence-corrected chi connectivity index (χ3v) is 5.33. The first-order valence-corrected chi connectivity index (χ1v) is 10.5. The number of benzene rings is 1. The van der Waals surface area contributed by atoms with Crippen LogP contribution >= 0.6 is 0 Å². The van der Waals surface area contributed by atoms with Gasteiger partial charge in [-0.1, -0.05) is 17.7 Å². The second-order valence-corrected chi connectivity index (χ2v) is 7.60. The number of aromatic carboxylic acids is 1. The molecule has 2 N–H and O–H groups in total. The average Bonchev–Trinajstić information content (AvgIpc) is 3.18. The van der Waals surface area contributed by atoms with Crippen molar-refractivity contribution in [2.75, 3.05) is 13.2 Å². The largest absolute Gasteiger partial charge is 0.492 e. The van der Waals surface area contributed by atoms with Crippen molar-refractivity contribution < 1.29 is 19.7 Å². The number of aliphatic hydroxyl groups is 1. The highest BCUT2D eigenvalue weighted by Crippen LogP contribution is 2.30. The van der Waals surface area contributed by atoms with E-state index in [4.69, 9.17) is 9.84 Å². The fraction of sp³-hybridized carbons (Fsp3) is 0.240. The molecule has 0 aliphatic rings. The van der Waals surface area contributed by atoms with E-state index >= 15 is 0 Å². The lowest BCUT2D eigenvalue weighted by atomic mass is 10.1. The van der Waals surface area contributed by atoms with E-state index in [0.717, 1.165) is 33.5 Å². The highest BCUT2D eigenvalue weighted by Gasteiger charge is 2.18. The number of rotatable bonds is 9. The maximum Gasteiger partial charge on any atom is 0.352 e. The number of aliphatic hydroxyl groups excluding tert-OH is 1. The third-order valence-electron chi connectivity index (χ3n) is 5.33. The Labute approximate surface area is 186 Å². The summed E-state index contributed by atoms with van der Waals surface area (Å²) in [5, 5.41) is 19.7. The predicted molar refractivity (Wildman–Crippen MR) is 122 cm³/mol. The molecule has 0 atom stereocenters. The number of aromatic nitrogens is 3. The van der Waals surface area contributed by atoms with Gasteiger partial charge in [-0.3, -0.25) is 9.97 Å². The number of carboxylic acid groups (broad SMARTS) is 1. The van der Waals surface area contributed by atoms with Crippen LogP contribution in [0.4, 0.5) is 0 Å². The molecular weight excluding hydrogens is 406 g/mol. The Morgan fingerprint density at radius 1 is 1.06 bits per heavy atom. The first-order valence-electron chi connectivity index (χ1n) is 10.5. The van der Waals surface area contributed by atoms with Gasteiger partial charge in [-0.15, -0.1) is 0 Å². The van der Waals surface area contributed by atoms with Gasteiger partial charge in [0.05, 0.1) is 17.8 Å². The van der Waals surface area contributed by atoms with Crippen LogP contribution in [0.3, 0.4) is 0 Å². The van der Waals surface area contributed by atoms with Crippen molar-refractivity contribution >= 4 is 16.9 Å². The molecule has 0 amide bonds. The Morgan fingerprint density at radius 3 is 2.59 bits per heavy atom. The number of fused-ring (bicyclic) bond motifs is 1. The summed E-state index contributed by atoms with van der Waals surface area (Å²) in [5.41, 5.74) is 4.56. The summed E-state index contributed by atoms with van der Waals surface area (Å²) in [6, 6.07) is 15.1. The molecule has 0 radical (unpaired) electrons. The number of carboxylic acids is 1. The third kappa shape index (κ3) is 4.63. The van der Waals surface area contributed by atoms with Gasteiger partial charge < -0.3 is 19.5 Å². The summed E-state index contributed by atoms with van der Waals surface area (Å²) in [4.78, 5) is 20.9. The SMILES string of the molecule is Cc1ccc(OCCn2c(C(=O)O)cc3c(-c4ccnc(CCCO)c4)nccc32)cc1. The Kier molecular flexibility index (Phi) is 6.47. The topological polar surface area (TPSA) is 97.5 Å². The van der Waals surface area contributed by atoms with Gasteiger partial charge in [-0.25, -0.2) is 4.79 Å². The molecule has 4 rings (SSSR count). The van der Waals surface area contributed by atoms with E-state index in [1.807, 2.05) is 49.4 Å². The Morgan fingerprint density at radius 2 is 1.84 bits per heavy atom. The van der Waals surface area contributed by atoms with E-state index in [1.54, 1.807) is 23.0 Å². The average molecular weight is 431 g/mol. The molecule has 0 saturated carbocycles. The molecule has 32 heavy (non-hydrogen) atoms. The number of pyridine rings is 2. The Hall–Kier alpha value is -3.71. The molecule has 0 bridgehead atoms. The van der Waals surface area contributed by atoms with Crippen molar-refractivity contribution in [2.24, 2.45) is 0 Å². The normalized spacial score (nSPS) is 11.1. The fourth-order valence-electron chi connectivity index (χ4n) is 3.74. The van der Waals surface area contributed by atoms with Crippen molar-refractivity contribution in [2.45, 2.75) is 26.3 Å². The number of aryl methyl sites for hydroxylation is 2. The molecule has 0 saturated heterocycles. The standard InChI is InChI=1S/C25H25N3O4/c1-17-4-6-20(7-5-17)32-14-12-28-22-9-11-27-24(21(22)16-23(28)25(30)31)18-8-10-26-19(15-18)3-2-13-29/h4-11,15-16,29H,2-3,12-14H2,1H3,(H,30,31). The van der Waals surface area contributed by atoms with E-state index in [0.29, 0.717) is 31.7 Å². The summed E-state index contributed by atoms with van der Waals surface area (Å²) in [6.45, 7) is 2.85. The van der Waals surface area contributed by atoms with Crippen molar-refractivity contribution in [1.82, 2.24) is 14.5 Å². The molecule has 0 aliphatic carbocycles. The van der Waals surface area contributed by atoms with Crippen LogP contribution in [-0.2, 0) is 13.0 Å². The van der Waals surface area contributed by atoms with Crippen LogP contribution in [0.25, 0.3) is 22.2 Å². The lowest BCUT2D eigenvalue weighted by Gasteiger charge is -2.11. The monoisotopic (exact) mass is 431 g/mol. The molecular formula is C25H25N3O4. The molecule has 3 aromatic heterocycles. The number of hydrogen-bond acceptors (Lipinski definition) is 5. The van der Waals surface area contributed by atoms with Crippen molar-refractivity contribution in [3.63, 3.8) is 0 Å². The van der Waals surface area contributed by atoms with Gasteiger partial charge in [0.25, 0.3) is 0 Å². The molecule has 0 aliphatic heterocycles. The van der Waals surface area contributed by atoms with E-state index in [1.165, 1.54) is 0 Å². The van der Waals surface area contributed by atoms with Gasteiger partial charge >= 0.3 is 5.97 Å². The summed E-state index contributed by atoms with van der Waals surface area (Å²) in [7, 11) is 0. The highest BCUT2D eigenvalue weighted by atomic mass is 16.5. The van der Waals surface area contributed by atoms with Crippen LogP contribution in [0.5, 0.6) is 5.75 Å². The summed E-state index contributed by atoms with van der Waals surface area (Å²) < 4.78 is 7.58. The lowest BCUT2D eigenvalue weighted by molar-refractivity contribution is 0.0684. The van der Waals surface area contributed by atoms with Crippen LogP contribution in [0.2, 0.25) is 0 Å². The smallest absolute Gasteiger partial charge is 0.352 e. The first kappa shape index (κ1) is 21.5. The van der Waals surface area contributed by atoms with Crippen LogP contribution < -0.4 is 4.74 Å². The van der Waals surface area contributed by atoms with Gasteiger partial charge in [0.1, 0.15) is 18.1 Å². The molecule has 0 unspecified atom stereocenters. The van der Waals surface area contributed by atoms with Crippen molar-refractivity contribution in [1.29, 1.82) is 0 Å². The van der Waals surface area contributed by atoms with Gasteiger partial charge in [-0.05, 0) is 56.2 Å². The van der Waals surface area contributed by atoms with E-state index < -0.39 is 5.97 Å². The van der Waals surface area contributed by atoms with Gasteiger partial charge in [0, 0.05) is 35.6 Å². The molecule has 7 heteroatoms. The Balaban J connectivity index is 1.66. The number of hydrogen-bond donors (Lipinski definition) is 2. The predicted octanol–water partition coefficient (Wildman–Crippen LogP) is 4.11. The zero-order valence-electron chi connectivity index (χ0n) is 17.9. The van der Waals surface area contributed by atoms with Crippen LogP contribution in [0.15, 0.2) is 60.9 Å². The minimum absolute atomic E-state index is 0.106. The fourth-order valence-corrected chi connectivity index (χ4v) is 3.74. The summed E-state index contributed by atoms with van der Waals surface area (Å²) in [6.07, 6.45) is 4.70. The van der Waals surface area contributed by atoms with E-state index in [-0.39, 0.29) is 12.3 Å². The van der Waals surface area contributed by atoms with Crippen molar-refractivity contribution in [3.8, 4) is 17.0 Å². The van der Waals surface area contributed by atoms with E-state index in [9.17, 15) is 9.90 Å². The quantitative estimate of drug-likeness (QED) is 0.414. The first-order chi connectivity index (χ1) is 15.6. The number of ether oxygens (including phenoxy) is 1. The van der Waals surface area contributed by atoms with Crippen LogP contribution in [-0.4, -0.2) is 43.9 Å². The van der Waals surface area contributed by atoms with E-state index in [2.05, 4.69) is 9.97 Å².